The molecule has 0 aromatic heterocycles. The van der Waals surface area contributed by atoms with E-state index >= 15 is 0 Å². The van der Waals surface area contributed by atoms with Crippen LogP contribution in [0.1, 0.15) is 11.1 Å². The van der Waals surface area contributed by atoms with Gasteiger partial charge in [-0.3, -0.25) is 4.79 Å². The average Bonchev–Trinajstić information content (AvgIpc) is 2.31. The van der Waals surface area contributed by atoms with E-state index in [4.69, 9.17) is 15.7 Å². The lowest BCUT2D eigenvalue weighted by molar-refractivity contribution is -0.125. The average molecular weight is 233 g/mol. The SMILES string of the molecule is COC(CN)C(=O)Nc1cccc(C)c1C#N. The van der Waals surface area contributed by atoms with Crippen LogP contribution in [0, 0.1) is 18.3 Å². The van der Waals surface area contributed by atoms with E-state index in [1.54, 1.807) is 12.1 Å². The molecule has 0 bridgehead atoms. The summed E-state index contributed by atoms with van der Waals surface area (Å²) in [6, 6.07) is 7.32. The summed E-state index contributed by atoms with van der Waals surface area (Å²) in [6.07, 6.45) is -0.706. The van der Waals surface area contributed by atoms with Gasteiger partial charge in [-0.05, 0) is 18.6 Å². The summed E-state index contributed by atoms with van der Waals surface area (Å²) < 4.78 is 4.92. The van der Waals surface area contributed by atoms with Gasteiger partial charge < -0.3 is 15.8 Å². The Labute approximate surface area is 100 Å². The summed E-state index contributed by atoms with van der Waals surface area (Å²) in [5.74, 6) is -0.350. The summed E-state index contributed by atoms with van der Waals surface area (Å²) in [7, 11) is 1.42. The number of rotatable bonds is 4. The van der Waals surface area contributed by atoms with Gasteiger partial charge in [0.05, 0.1) is 11.3 Å². The largest absolute Gasteiger partial charge is 0.370 e. The Morgan fingerprint density at radius 3 is 2.88 bits per heavy atom. The fourth-order valence-corrected chi connectivity index (χ4v) is 1.44. The number of anilines is 1. The standard InChI is InChI=1S/C12H15N3O2/c1-8-4-3-5-10(9(8)6-13)15-12(16)11(7-14)17-2/h3-5,11H,7,14H2,1-2H3,(H,15,16). The number of amides is 1. The van der Waals surface area contributed by atoms with Crippen LogP contribution in [0.15, 0.2) is 18.2 Å². The van der Waals surface area contributed by atoms with Crippen LogP contribution in [0.2, 0.25) is 0 Å². The highest BCUT2D eigenvalue weighted by molar-refractivity contribution is 5.95. The first kappa shape index (κ1) is 13.2. The molecule has 1 aromatic rings. The Kier molecular flexibility index (Phi) is 4.64. The third kappa shape index (κ3) is 3.03. The highest BCUT2D eigenvalue weighted by atomic mass is 16.5. The molecule has 1 unspecified atom stereocenters. The summed E-state index contributed by atoms with van der Waals surface area (Å²) >= 11 is 0. The van der Waals surface area contributed by atoms with Crippen molar-refractivity contribution in [3.8, 4) is 6.07 Å². The van der Waals surface area contributed by atoms with Gasteiger partial charge in [-0.1, -0.05) is 12.1 Å². The number of aryl methyl sites for hydroxylation is 1. The van der Waals surface area contributed by atoms with E-state index in [0.717, 1.165) is 5.56 Å². The van der Waals surface area contributed by atoms with E-state index in [9.17, 15) is 4.79 Å². The number of hydrogen-bond acceptors (Lipinski definition) is 4. The Morgan fingerprint density at radius 2 is 2.35 bits per heavy atom. The molecule has 17 heavy (non-hydrogen) atoms. The van der Waals surface area contributed by atoms with Crippen LogP contribution in [0.4, 0.5) is 5.69 Å². The monoisotopic (exact) mass is 233 g/mol. The number of methoxy groups -OCH3 is 1. The predicted molar refractivity (Wildman–Crippen MR) is 64.4 cm³/mol. The van der Waals surface area contributed by atoms with Gasteiger partial charge in [-0.15, -0.1) is 0 Å². The zero-order valence-corrected chi connectivity index (χ0v) is 9.86. The van der Waals surface area contributed by atoms with Crippen LogP contribution in [0.3, 0.4) is 0 Å². The fourth-order valence-electron chi connectivity index (χ4n) is 1.44. The molecule has 1 aromatic carbocycles. The second kappa shape index (κ2) is 5.99. The second-order valence-corrected chi connectivity index (χ2v) is 3.56. The molecule has 0 fully saturated rings. The van der Waals surface area contributed by atoms with Gasteiger partial charge in [0.1, 0.15) is 12.2 Å². The molecular formula is C12H15N3O2. The number of nitrogens with two attached hydrogens (primary N) is 1. The number of carbonyl (C=O) groups excluding carboxylic acids is 1. The normalized spacial score (nSPS) is 11.6. The molecule has 0 saturated carbocycles. The van der Waals surface area contributed by atoms with Crippen molar-refractivity contribution in [3.05, 3.63) is 29.3 Å². The molecule has 0 radical (unpaired) electrons. The molecule has 5 heteroatoms. The fraction of sp³-hybridized carbons (Fsp3) is 0.333. The summed E-state index contributed by atoms with van der Waals surface area (Å²) in [5.41, 5.74) is 7.13. The van der Waals surface area contributed by atoms with Gasteiger partial charge in [0, 0.05) is 13.7 Å². The summed E-state index contributed by atoms with van der Waals surface area (Å²) in [4.78, 5) is 11.7. The van der Waals surface area contributed by atoms with E-state index in [-0.39, 0.29) is 12.5 Å². The minimum atomic E-state index is -0.706. The lowest BCUT2D eigenvalue weighted by Crippen LogP contribution is -2.36. The zero-order valence-electron chi connectivity index (χ0n) is 9.86. The van der Waals surface area contributed by atoms with Crippen molar-refractivity contribution in [2.24, 2.45) is 5.73 Å². The number of ether oxygens (including phenoxy) is 1. The van der Waals surface area contributed by atoms with Crippen LogP contribution in [0.5, 0.6) is 0 Å². The predicted octanol–water partition coefficient (Wildman–Crippen LogP) is 0.779. The quantitative estimate of drug-likeness (QED) is 0.804. The number of benzene rings is 1. The Balaban J connectivity index is 2.93. The minimum absolute atomic E-state index is 0.0933. The topological polar surface area (TPSA) is 88.1 Å². The molecule has 0 spiro atoms. The molecule has 0 aliphatic heterocycles. The molecule has 0 saturated heterocycles. The zero-order chi connectivity index (χ0) is 12.8. The molecule has 0 aliphatic rings. The maximum atomic E-state index is 11.7. The van der Waals surface area contributed by atoms with E-state index in [1.165, 1.54) is 7.11 Å². The number of hydrogen-bond donors (Lipinski definition) is 2. The summed E-state index contributed by atoms with van der Waals surface area (Å²) in [5, 5.41) is 11.6. The van der Waals surface area contributed by atoms with Crippen molar-refractivity contribution in [3.63, 3.8) is 0 Å². The van der Waals surface area contributed by atoms with Gasteiger partial charge in [0.15, 0.2) is 0 Å². The third-order valence-electron chi connectivity index (χ3n) is 2.43. The van der Waals surface area contributed by atoms with Crippen LogP contribution < -0.4 is 11.1 Å². The van der Waals surface area contributed by atoms with Crippen molar-refractivity contribution < 1.29 is 9.53 Å². The third-order valence-corrected chi connectivity index (χ3v) is 2.43. The number of carbonyl (C=O) groups is 1. The Morgan fingerprint density at radius 1 is 1.65 bits per heavy atom. The van der Waals surface area contributed by atoms with E-state index < -0.39 is 6.10 Å². The first-order chi connectivity index (χ1) is 8.13. The van der Waals surface area contributed by atoms with E-state index in [0.29, 0.717) is 11.3 Å². The number of nitrogens with zero attached hydrogens (tertiary/aromatic N) is 1. The Bertz CT molecular complexity index is 448. The van der Waals surface area contributed by atoms with Crippen molar-refractivity contribution >= 4 is 11.6 Å². The van der Waals surface area contributed by atoms with Crippen molar-refractivity contribution in [2.75, 3.05) is 19.0 Å². The van der Waals surface area contributed by atoms with Crippen LogP contribution in [-0.4, -0.2) is 25.7 Å². The maximum absolute atomic E-state index is 11.7. The highest BCUT2D eigenvalue weighted by Crippen LogP contribution is 2.18. The molecule has 5 nitrogen and oxygen atoms in total. The molecule has 1 amide bonds. The number of nitrogens with one attached hydrogen (secondary N) is 1. The highest BCUT2D eigenvalue weighted by Gasteiger charge is 2.17. The van der Waals surface area contributed by atoms with Gasteiger partial charge in [-0.2, -0.15) is 5.26 Å². The first-order valence-electron chi connectivity index (χ1n) is 5.17. The first-order valence-corrected chi connectivity index (χ1v) is 5.17. The second-order valence-electron chi connectivity index (χ2n) is 3.56. The smallest absolute Gasteiger partial charge is 0.254 e. The molecule has 1 atom stereocenters. The van der Waals surface area contributed by atoms with Crippen LogP contribution in [0.25, 0.3) is 0 Å². The molecule has 90 valence electrons. The van der Waals surface area contributed by atoms with Gasteiger partial charge in [0.2, 0.25) is 0 Å². The molecule has 3 N–H and O–H groups in total. The van der Waals surface area contributed by atoms with Gasteiger partial charge in [-0.25, -0.2) is 0 Å². The van der Waals surface area contributed by atoms with Crippen LogP contribution in [-0.2, 0) is 9.53 Å². The molecular weight excluding hydrogens is 218 g/mol. The van der Waals surface area contributed by atoms with Crippen LogP contribution >= 0.6 is 0 Å². The van der Waals surface area contributed by atoms with Gasteiger partial charge in [0.25, 0.3) is 5.91 Å². The Hall–Kier alpha value is -1.90. The van der Waals surface area contributed by atoms with Gasteiger partial charge >= 0.3 is 0 Å². The number of nitriles is 1. The lowest BCUT2D eigenvalue weighted by Gasteiger charge is -2.14. The van der Waals surface area contributed by atoms with Crippen molar-refractivity contribution in [2.45, 2.75) is 13.0 Å². The molecule has 0 aliphatic carbocycles. The maximum Gasteiger partial charge on any atom is 0.254 e. The summed E-state index contributed by atoms with van der Waals surface area (Å²) in [6.45, 7) is 1.90. The molecule has 0 heterocycles. The lowest BCUT2D eigenvalue weighted by atomic mass is 10.1. The van der Waals surface area contributed by atoms with E-state index in [1.807, 2.05) is 13.0 Å². The van der Waals surface area contributed by atoms with E-state index in [2.05, 4.69) is 11.4 Å². The minimum Gasteiger partial charge on any atom is -0.370 e. The molecule has 1 rings (SSSR count). The van der Waals surface area contributed by atoms with Crippen molar-refractivity contribution in [1.82, 2.24) is 0 Å². The van der Waals surface area contributed by atoms with Crippen molar-refractivity contribution in [1.29, 1.82) is 5.26 Å².